The molecule has 2 aliphatic rings. The van der Waals surface area contributed by atoms with E-state index in [9.17, 15) is 9.59 Å². The van der Waals surface area contributed by atoms with Crippen molar-refractivity contribution in [1.29, 1.82) is 0 Å². The van der Waals surface area contributed by atoms with Crippen molar-refractivity contribution in [3.05, 3.63) is 0 Å². The summed E-state index contributed by atoms with van der Waals surface area (Å²) >= 11 is 0. The Labute approximate surface area is 178 Å². The van der Waals surface area contributed by atoms with Crippen LogP contribution in [0.3, 0.4) is 0 Å². The zero-order valence-corrected chi connectivity index (χ0v) is 18.9. The van der Waals surface area contributed by atoms with Crippen LogP contribution in [-0.4, -0.2) is 74.5 Å². The molecule has 0 bridgehead atoms. The lowest BCUT2D eigenvalue weighted by molar-refractivity contribution is -0.122. The molecule has 0 aromatic carbocycles. The number of amides is 2. The number of nitrogens with zero attached hydrogens (tertiary/aromatic N) is 2. The topological polar surface area (TPSA) is 64.7 Å². The molecule has 0 spiro atoms. The van der Waals surface area contributed by atoms with Crippen LogP contribution in [0.25, 0.3) is 0 Å². The average molecular weight is 409 g/mol. The van der Waals surface area contributed by atoms with Crippen molar-refractivity contribution in [2.24, 2.45) is 11.8 Å². The number of hydrogen-bond acceptors (Lipinski definition) is 4. The average Bonchev–Trinajstić information content (AvgIpc) is 2.76. The molecule has 0 saturated carbocycles. The third kappa shape index (κ3) is 9.47. The van der Waals surface area contributed by atoms with Crippen molar-refractivity contribution >= 4 is 11.8 Å². The van der Waals surface area contributed by atoms with Crippen LogP contribution in [0, 0.1) is 11.8 Å². The summed E-state index contributed by atoms with van der Waals surface area (Å²) < 4.78 is 0. The first-order chi connectivity index (χ1) is 14.1. The van der Waals surface area contributed by atoms with Crippen molar-refractivity contribution in [3.63, 3.8) is 0 Å². The summed E-state index contributed by atoms with van der Waals surface area (Å²) in [5.74, 6) is 2.05. The highest BCUT2D eigenvalue weighted by Crippen LogP contribution is 2.32. The number of rotatable bonds is 12. The van der Waals surface area contributed by atoms with Gasteiger partial charge in [-0.25, -0.2) is 0 Å². The molecular formula is C23H44N4O2. The van der Waals surface area contributed by atoms with E-state index >= 15 is 0 Å². The molecule has 0 radical (unpaired) electrons. The van der Waals surface area contributed by atoms with Crippen LogP contribution in [0.15, 0.2) is 0 Å². The van der Waals surface area contributed by atoms with E-state index in [0.717, 1.165) is 64.1 Å². The summed E-state index contributed by atoms with van der Waals surface area (Å²) in [5, 5.41) is 5.78. The minimum Gasteiger partial charge on any atom is -0.359 e. The molecule has 6 nitrogen and oxygen atoms in total. The maximum atomic E-state index is 12.0. The highest BCUT2D eigenvalue weighted by Gasteiger charge is 2.29. The van der Waals surface area contributed by atoms with Crippen molar-refractivity contribution in [2.45, 2.75) is 71.1 Å². The summed E-state index contributed by atoms with van der Waals surface area (Å²) in [6.07, 6.45) is 11.2. The minimum atomic E-state index is 0.143. The van der Waals surface area contributed by atoms with E-state index in [1.807, 2.05) is 0 Å². The molecule has 2 N–H and O–H groups in total. The van der Waals surface area contributed by atoms with Gasteiger partial charge in [0.2, 0.25) is 11.8 Å². The van der Waals surface area contributed by atoms with Gasteiger partial charge in [-0.3, -0.25) is 9.59 Å². The Kier molecular flexibility index (Phi) is 11.6. The van der Waals surface area contributed by atoms with Gasteiger partial charge in [-0.15, -0.1) is 0 Å². The summed E-state index contributed by atoms with van der Waals surface area (Å²) in [6, 6.07) is 0. The van der Waals surface area contributed by atoms with E-state index in [2.05, 4.69) is 27.4 Å². The van der Waals surface area contributed by atoms with Gasteiger partial charge < -0.3 is 20.4 Å². The Bertz CT molecular complexity index is 469. The number of piperidine rings is 2. The zero-order chi connectivity index (χ0) is 20.9. The number of nitrogens with one attached hydrogen (secondary N) is 2. The fraction of sp³-hybridized carbons (Fsp3) is 0.913. The number of carbonyl (C=O) groups is 2. The highest BCUT2D eigenvalue weighted by molar-refractivity contribution is 5.76. The van der Waals surface area contributed by atoms with Gasteiger partial charge >= 0.3 is 0 Å². The minimum absolute atomic E-state index is 0.143. The summed E-state index contributed by atoms with van der Waals surface area (Å²) in [7, 11) is 1.71. The van der Waals surface area contributed by atoms with Crippen LogP contribution in [0.4, 0.5) is 0 Å². The van der Waals surface area contributed by atoms with Gasteiger partial charge in [0.1, 0.15) is 0 Å². The molecule has 168 valence electrons. The molecule has 2 rings (SSSR count). The molecule has 29 heavy (non-hydrogen) atoms. The Morgan fingerprint density at radius 1 is 0.793 bits per heavy atom. The largest absolute Gasteiger partial charge is 0.359 e. The normalized spacial score (nSPS) is 19.9. The van der Waals surface area contributed by atoms with Crippen molar-refractivity contribution in [3.8, 4) is 0 Å². The highest BCUT2D eigenvalue weighted by atomic mass is 16.2. The number of unbranched alkanes of at least 4 members (excludes halogenated alkanes) is 3. The number of likely N-dealkylation sites (tertiary alicyclic amines) is 2. The maximum Gasteiger partial charge on any atom is 0.221 e. The second-order valence-corrected chi connectivity index (χ2v) is 8.94. The van der Waals surface area contributed by atoms with Gasteiger partial charge in [0.25, 0.3) is 0 Å². The standard InChI is InChI=1S/C23H44N4O2/c1-3-4-5-6-13-25-23(29)12-19-27-16-9-21(10-17-27)20-7-14-26(15-8-20)18-11-22(28)24-2/h20-21H,3-19H2,1-2H3,(H,24,28)(H,25,29). The van der Waals surface area contributed by atoms with Gasteiger partial charge in [-0.05, 0) is 70.1 Å². The molecule has 0 aromatic heterocycles. The molecule has 2 heterocycles. The third-order valence-corrected chi connectivity index (χ3v) is 6.87. The van der Waals surface area contributed by atoms with Crippen LogP contribution in [-0.2, 0) is 9.59 Å². The van der Waals surface area contributed by atoms with E-state index < -0.39 is 0 Å². The predicted molar refractivity (Wildman–Crippen MR) is 119 cm³/mol. The fourth-order valence-electron chi connectivity index (χ4n) is 4.81. The van der Waals surface area contributed by atoms with Crippen LogP contribution in [0.2, 0.25) is 0 Å². The van der Waals surface area contributed by atoms with Crippen LogP contribution in [0.5, 0.6) is 0 Å². The van der Waals surface area contributed by atoms with Crippen LogP contribution >= 0.6 is 0 Å². The second-order valence-electron chi connectivity index (χ2n) is 8.94. The molecule has 2 saturated heterocycles. The predicted octanol–water partition coefficient (Wildman–Crippen LogP) is 2.63. The molecule has 6 heteroatoms. The second kappa shape index (κ2) is 14.0. The van der Waals surface area contributed by atoms with Crippen molar-refractivity contribution in [1.82, 2.24) is 20.4 Å². The SMILES string of the molecule is CCCCCCNC(=O)CCN1CCC(C2CCN(CCC(=O)NC)CC2)CC1. The Balaban J connectivity index is 1.53. The summed E-state index contributed by atoms with van der Waals surface area (Å²) in [6.45, 7) is 9.41. The Morgan fingerprint density at radius 2 is 1.31 bits per heavy atom. The zero-order valence-electron chi connectivity index (χ0n) is 18.9. The number of carbonyl (C=O) groups excluding carboxylic acids is 2. The van der Waals surface area contributed by atoms with Crippen LogP contribution < -0.4 is 10.6 Å². The van der Waals surface area contributed by atoms with Gasteiger partial charge in [-0.2, -0.15) is 0 Å². The first kappa shape index (κ1) is 24.1. The summed E-state index contributed by atoms with van der Waals surface area (Å²) in [4.78, 5) is 28.3. The van der Waals surface area contributed by atoms with Crippen molar-refractivity contribution in [2.75, 3.05) is 52.9 Å². The van der Waals surface area contributed by atoms with Crippen molar-refractivity contribution < 1.29 is 9.59 Å². The van der Waals surface area contributed by atoms with E-state index in [-0.39, 0.29) is 11.8 Å². The van der Waals surface area contributed by atoms with Gasteiger partial charge in [-0.1, -0.05) is 26.2 Å². The lowest BCUT2D eigenvalue weighted by Crippen LogP contribution is -2.42. The van der Waals surface area contributed by atoms with Gasteiger partial charge in [0.05, 0.1) is 0 Å². The molecule has 0 aliphatic carbocycles. The smallest absolute Gasteiger partial charge is 0.221 e. The molecule has 2 aliphatic heterocycles. The maximum absolute atomic E-state index is 12.0. The first-order valence-electron chi connectivity index (χ1n) is 12.0. The molecule has 0 atom stereocenters. The van der Waals surface area contributed by atoms with E-state index in [1.54, 1.807) is 7.05 Å². The monoisotopic (exact) mass is 408 g/mol. The molecular weight excluding hydrogens is 364 g/mol. The lowest BCUT2D eigenvalue weighted by Gasteiger charge is -2.40. The van der Waals surface area contributed by atoms with Gasteiger partial charge in [0, 0.05) is 39.5 Å². The van der Waals surface area contributed by atoms with Gasteiger partial charge in [0.15, 0.2) is 0 Å². The molecule has 0 aromatic rings. The van der Waals surface area contributed by atoms with E-state index in [1.165, 1.54) is 44.9 Å². The molecule has 0 unspecified atom stereocenters. The van der Waals surface area contributed by atoms with E-state index in [0.29, 0.717) is 12.8 Å². The lowest BCUT2D eigenvalue weighted by atomic mass is 9.79. The third-order valence-electron chi connectivity index (χ3n) is 6.87. The first-order valence-corrected chi connectivity index (χ1v) is 12.0. The van der Waals surface area contributed by atoms with Crippen LogP contribution in [0.1, 0.15) is 71.1 Å². The summed E-state index contributed by atoms with van der Waals surface area (Å²) in [5.41, 5.74) is 0. The van der Waals surface area contributed by atoms with E-state index in [4.69, 9.17) is 0 Å². The molecule has 2 amide bonds. The quantitative estimate of drug-likeness (QED) is 0.487. The molecule has 2 fully saturated rings. The fourth-order valence-corrected chi connectivity index (χ4v) is 4.81. The Hall–Kier alpha value is -1.14. The number of hydrogen-bond donors (Lipinski definition) is 2. The Morgan fingerprint density at radius 3 is 1.79 bits per heavy atom.